The Morgan fingerprint density at radius 3 is 3.12 bits per heavy atom. The molecule has 1 aromatic rings. The average molecular weight is 239 g/mol. The van der Waals surface area contributed by atoms with E-state index in [1.165, 1.54) is 0 Å². The van der Waals surface area contributed by atoms with Crippen molar-refractivity contribution < 1.29 is 4.74 Å². The number of hydrogen-bond acceptors (Lipinski definition) is 5. The van der Waals surface area contributed by atoms with E-state index in [4.69, 9.17) is 10.6 Å². The van der Waals surface area contributed by atoms with Crippen molar-refractivity contribution in [1.29, 1.82) is 0 Å². The Labute approximate surface area is 102 Å². The molecule has 3 unspecified atom stereocenters. The standard InChI is InChI=1S/C11H21N5O/c1-3-16-11(13-7-14-16)6-10(15-12)9-4-5-17-8(9)2/h7-10,15H,3-6,12H2,1-2H3. The Hall–Kier alpha value is -0.980. The van der Waals surface area contributed by atoms with Gasteiger partial charge in [0.05, 0.1) is 6.10 Å². The Balaban J connectivity index is 2.04. The van der Waals surface area contributed by atoms with Crippen molar-refractivity contribution in [3.8, 4) is 0 Å². The van der Waals surface area contributed by atoms with Crippen molar-refractivity contribution >= 4 is 0 Å². The van der Waals surface area contributed by atoms with Gasteiger partial charge in [0.25, 0.3) is 0 Å². The summed E-state index contributed by atoms with van der Waals surface area (Å²) in [7, 11) is 0. The third kappa shape index (κ3) is 2.65. The summed E-state index contributed by atoms with van der Waals surface area (Å²) in [5.41, 5.74) is 2.90. The minimum atomic E-state index is 0.196. The van der Waals surface area contributed by atoms with Gasteiger partial charge in [0.15, 0.2) is 0 Å². The van der Waals surface area contributed by atoms with Crippen LogP contribution in [0.5, 0.6) is 0 Å². The molecule has 2 heterocycles. The first-order valence-corrected chi connectivity index (χ1v) is 6.20. The summed E-state index contributed by atoms with van der Waals surface area (Å²) in [5.74, 6) is 7.09. The maximum Gasteiger partial charge on any atom is 0.138 e. The van der Waals surface area contributed by atoms with Gasteiger partial charge in [0.2, 0.25) is 0 Å². The van der Waals surface area contributed by atoms with E-state index in [2.05, 4.69) is 29.4 Å². The first-order valence-electron chi connectivity index (χ1n) is 6.20. The molecule has 2 rings (SSSR count). The van der Waals surface area contributed by atoms with Crippen LogP contribution in [0.25, 0.3) is 0 Å². The van der Waals surface area contributed by atoms with Crippen molar-refractivity contribution in [3.05, 3.63) is 12.2 Å². The number of nitrogens with one attached hydrogen (secondary N) is 1. The summed E-state index contributed by atoms with van der Waals surface area (Å²) < 4.78 is 7.49. The fourth-order valence-corrected chi connectivity index (χ4v) is 2.52. The Kier molecular flexibility index (Phi) is 4.09. The minimum Gasteiger partial charge on any atom is -0.378 e. The topological polar surface area (TPSA) is 78.0 Å². The lowest BCUT2D eigenvalue weighted by molar-refractivity contribution is 0.0950. The molecule has 1 aliphatic heterocycles. The Morgan fingerprint density at radius 1 is 1.71 bits per heavy atom. The van der Waals surface area contributed by atoms with E-state index in [0.29, 0.717) is 5.92 Å². The van der Waals surface area contributed by atoms with Crippen molar-refractivity contribution in [1.82, 2.24) is 20.2 Å². The molecule has 3 N–H and O–H groups in total. The number of hydrogen-bond donors (Lipinski definition) is 2. The third-order valence-corrected chi connectivity index (χ3v) is 3.56. The molecule has 1 aromatic heterocycles. The van der Waals surface area contributed by atoms with E-state index in [-0.39, 0.29) is 12.1 Å². The molecule has 1 saturated heterocycles. The molecule has 3 atom stereocenters. The quantitative estimate of drug-likeness (QED) is 0.563. The van der Waals surface area contributed by atoms with Crippen LogP contribution in [0.15, 0.2) is 6.33 Å². The highest BCUT2D eigenvalue weighted by Gasteiger charge is 2.32. The van der Waals surface area contributed by atoms with E-state index < -0.39 is 0 Å². The number of hydrazine groups is 1. The van der Waals surface area contributed by atoms with Gasteiger partial charge in [-0.05, 0) is 20.3 Å². The lowest BCUT2D eigenvalue weighted by atomic mass is 9.91. The van der Waals surface area contributed by atoms with Gasteiger partial charge in [0.1, 0.15) is 12.2 Å². The van der Waals surface area contributed by atoms with E-state index in [1.807, 2.05) is 4.68 Å². The van der Waals surface area contributed by atoms with Crippen molar-refractivity contribution in [3.63, 3.8) is 0 Å². The summed E-state index contributed by atoms with van der Waals surface area (Å²) in [6.45, 7) is 5.82. The number of aryl methyl sites for hydroxylation is 1. The third-order valence-electron chi connectivity index (χ3n) is 3.56. The van der Waals surface area contributed by atoms with Crippen LogP contribution in [0.2, 0.25) is 0 Å². The monoisotopic (exact) mass is 239 g/mol. The summed E-state index contributed by atoms with van der Waals surface area (Å²) in [6, 6.07) is 0.196. The Bertz CT molecular complexity index is 353. The highest BCUT2D eigenvalue weighted by molar-refractivity contribution is 4.94. The van der Waals surface area contributed by atoms with Crippen LogP contribution in [0.1, 0.15) is 26.1 Å². The summed E-state index contributed by atoms with van der Waals surface area (Å²) >= 11 is 0. The first kappa shape index (κ1) is 12.5. The zero-order valence-electron chi connectivity index (χ0n) is 10.5. The lowest BCUT2D eigenvalue weighted by Crippen LogP contribution is -2.45. The molecular formula is C11H21N5O. The molecule has 6 heteroatoms. The molecular weight excluding hydrogens is 218 g/mol. The second-order valence-corrected chi connectivity index (χ2v) is 4.50. The van der Waals surface area contributed by atoms with Crippen LogP contribution >= 0.6 is 0 Å². The number of nitrogens with two attached hydrogens (primary N) is 1. The van der Waals surface area contributed by atoms with Crippen molar-refractivity contribution in [2.45, 2.75) is 45.4 Å². The fraction of sp³-hybridized carbons (Fsp3) is 0.818. The molecule has 0 spiro atoms. The highest BCUT2D eigenvalue weighted by atomic mass is 16.5. The van der Waals surface area contributed by atoms with E-state index in [0.717, 1.165) is 31.8 Å². The average Bonchev–Trinajstić information content (AvgIpc) is 2.94. The first-order chi connectivity index (χ1) is 8.26. The summed E-state index contributed by atoms with van der Waals surface area (Å²) in [5, 5.41) is 4.17. The second kappa shape index (κ2) is 5.57. The zero-order valence-corrected chi connectivity index (χ0v) is 10.5. The normalized spacial score (nSPS) is 26.3. The van der Waals surface area contributed by atoms with E-state index >= 15 is 0 Å². The molecule has 1 aliphatic rings. The maximum atomic E-state index is 5.66. The Morgan fingerprint density at radius 2 is 2.53 bits per heavy atom. The molecule has 0 radical (unpaired) electrons. The van der Waals surface area contributed by atoms with Crippen LogP contribution in [-0.4, -0.2) is 33.5 Å². The predicted molar refractivity (Wildman–Crippen MR) is 64.0 cm³/mol. The van der Waals surface area contributed by atoms with Gasteiger partial charge in [-0.1, -0.05) is 0 Å². The molecule has 0 aliphatic carbocycles. The molecule has 17 heavy (non-hydrogen) atoms. The number of nitrogens with zero attached hydrogens (tertiary/aromatic N) is 3. The van der Waals surface area contributed by atoms with Crippen LogP contribution < -0.4 is 11.3 Å². The fourth-order valence-electron chi connectivity index (χ4n) is 2.52. The molecule has 96 valence electrons. The van der Waals surface area contributed by atoms with E-state index in [9.17, 15) is 0 Å². The van der Waals surface area contributed by atoms with Crippen LogP contribution in [0, 0.1) is 5.92 Å². The summed E-state index contributed by atoms with van der Waals surface area (Å²) in [6.07, 6.45) is 3.70. The van der Waals surface area contributed by atoms with Gasteiger partial charge >= 0.3 is 0 Å². The molecule has 6 nitrogen and oxygen atoms in total. The smallest absolute Gasteiger partial charge is 0.138 e. The largest absolute Gasteiger partial charge is 0.378 e. The lowest BCUT2D eigenvalue weighted by Gasteiger charge is -2.24. The minimum absolute atomic E-state index is 0.196. The number of rotatable bonds is 5. The molecule has 0 aromatic carbocycles. The molecule has 0 saturated carbocycles. The SMILES string of the molecule is CCn1ncnc1CC(NN)C1CCOC1C. The second-order valence-electron chi connectivity index (χ2n) is 4.50. The number of ether oxygens (including phenoxy) is 1. The zero-order chi connectivity index (χ0) is 12.3. The van der Waals surface area contributed by atoms with Crippen LogP contribution in [0.3, 0.4) is 0 Å². The molecule has 0 amide bonds. The summed E-state index contributed by atoms with van der Waals surface area (Å²) in [4.78, 5) is 4.29. The molecule has 1 fully saturated rings. The van der Waals surface area contributed by atoms with E-state index in [1.54, 1.807) is 6.33 Å². The van der Waals surface area contributed by atoms with Gasteiger partial charge < -0.3 is 4.74 Å². The highest BCUT2D eigenvalue weighted by Crippen LogP contribution is 2.25. The van der Waals surface area contributed by atoms with Gasteiger partial charge in [-0.25, -0.2) is 4.98 Å². The van der Waals surface area contributed by atoms with Gasteiger partial charge in [-0.15, -0.1) is 0 Å². The predicted octanol–water partition coefficient (Wildman–Crippen LogP) is 0.0974. The van der Waals surface area contributed by atoms with Crippen LogP contribution in [0.4, 0.5) is 0 Å². The van der Waals surface area contributed by atoms with Crippen molar-refractivity contribution in [2.75, 3.05) is 6.61 Å². The van der Waals surface area contributed by atoms with Gasteiger partial charge in [0, 0.05) is 31.5 Å². The van der Waals surface area contributed by atoms with Gasteiger partial charge in [-0.2, -0.15) is 5.10 Å². The molecule has 0 bridgehead atoms. The van der Waals surface area contributed by atoms with Crippen LogP contribution in [-0.2, 0) is 17.7 Å². The van der Waals surface area contributed by atoms with Gasteiger partial charge in [-0.3, -0.25) is 16.0 Å². The van der Waals surface area contributed by atoms with Crippen molar-refractivity contribution in [2.24, 2.45) is 11.8 Å². The maximum absolute atomic E-state index is 5.66. The number of aromatic nitrogens is 3.